The predicted octanol–water partition coefficient (Wildman–Crippen LogP) is 1.21. The Bertz CT molecular complexity index is 541. The van der Waals surface area contributed by atoms with Crippen molar-refractivity contribution in [2.75, 3.05) is 11.5 Å². The second kappa shape index (κ2) is 4.93. The Kier molecular flexibility index (Phi) is 3.72. The average molecular weight is 365 g/mol. The lowest BCUT2D eigenvalue weighted by Gasteiger charge is -2.11. The van der Waals surface area contributed by atoms with Crippen LogP contribution in [0.3, 0.4) is 0 Å². The van der Waals surface area contributed by atoms with Crippen LogP contribution in [0, 0.1) is 3.57 Å². The molecule has 0 spiro atoms. The molecule has 1 atom stereocenters. The third-order valence-corrected chi connectivity index (χ3v) is 5.39. The molecular weight excluding hydrogens is 353 g/mol. The lowest BCUT2D eigenvalue weighted by Crippen LogP contribution is -2.35. The Labute approximate surface area is 114 Å². The van der Waals surface area contributed by atoms with Gasteiger partial charge in [0, 0.05) is 9.61 Å². The van der Waals surface area contributed by atoms with Crippen molar-refractivity contribution in [2.24, 2.45) is 0 Å². The van der Waals surface area contributed by atoms with E-state index in [-0.39, 0.29) is 23.5 Å². The maximum Gasteiger partial charge on any atom is 0.252 e. The van der Waals surface area contributed by atoms with E-state index in [2.05, 4.69) is 27.9 Å². The van der Waals surface area contributed by atoms with Gasteiger partial charge in [-0.15, -0.1) is 0 Å². The fourth-order valence-electron chi connectivity index (χ4n) is 1.82. The molecule has 1 amide bonds. The number of amides is 1. The van der Waals surface area contributed by atoms with E-state index >= 15 is 0 Å². The molecule has 1 aliphatic rings. The highest BCUT2D eigenvalue weighted by Crippen LogP contribution is 2.14. The van der Waals surface area contributed by atoms with Crippen LogP contribution in [0.5, 0.6) is 0 Å². The van der Waals surface area contributed by atoms with Crippen molar-refractivity contribution in [3.63, 3.8) is 0 Å². The van der Waals surface area contributed by atoms with Crippen LogP contribution in [0.1, 0.15) is 16.8 Å². The summed E-state index contributed by atoms with van der Waals surface area (Å²) in [6, 6.07) is 6.99. The van der Waals surface area contributed by atoms with Crippen LogP contribution in [0.4, 0.5) is 0 Å². The quantitative estimate of drug-likeness (QED) is 0.802. The van der Waals surface area contributed by atoms with Crippen LogP contribution in [-0.4, -0.2) is 31.9 Å². The zero-order valence-electron chi connectivity index (χ0n) is 9.02. The summed E-state index contributed by atoms with van der Waals surface area (Å²) in [5.41, 5.74) is 0.595. The van der Waals surface area contributed by atoms with Gasteiger partial charge in [0.2, 0.25) is 0 Å². The number of rotatable bonds is 2. The Morgan fingerprint density at radius 2 is 2.06 bits per heavy atom. The minimum Gasteiger partial charge on any atom is -0.348 e. The molecular formula is C11H12INO3S. The molecule has 4 nitrogen and oxygen atoms in total. The molecule has 1 aliphatic heterocycles. The number of nitrogens with one attached hydrogen (secondary N) is 1. The molecule has 1 aromatic rings. The third-order valence-electron chi connectivity index (χ3n) is 2.69. The average Bonchev–Trinajstić information content (AvgIpc) is 2.58. The Balaban J connectivity index is 2.06. The van der Waals surface area contributed by atoms with Gasteiger partial charge in [0.05, 0.1) is 17.1 Å². The Hall–Kier alpha value is -0.630. The molecule has 1 heterocycles. The normalized spacial score (nSPS) is 22.3. The molecule has 6 heteroatoms. The first-order chi connectivity index (χ1) is 7.98. The van der Waals surface area contributed by atoms with Crippen molar-refractivity contribution in [1.82, 2.24) is 5.32 Å². The largest absolute Gasteiger partial charge is 0.348 e. The van der Waals surface area contributed by atoms with E-state index in [1.807, 2.05) is 12.1 Å². The highest BCUT2D eigenvalue weighted by molar-refractivity contribution is 14.1. The van der Waals surface area contributed by atoms with E-state index in [1.54, 1.807) is 12.1 Å². The molecule has 0 radical (unpaired) electrons. The van der Waals surface area contributed by atoms with Crippen LogP contribution in [0.25, 0.3) is 0 Å². The molecule has 2 rings (SSSR count). The summed E-state index contributed by atoms with van der Waals surface area (Å²) < 4.78 is 23.4. The number of hydrogen-bond donors (Lipinski definition) is 1. The SMILES string of the molecule is O=C(N[C@H]1CCS(=O)(=O)C1)c1ccccc1I. The lowest BCUT2D eigenvalue weighted by atomic mass is 10.2. The third kappa shape index (κ3) is 3.19. The Morgan fingerprint density at radius 3 is 2.65 bits per heavy atom. The predicted molar refractivity (Wildman–Crippen MR) is 73.7 cm³/mol. The topological polar surface area (TPSA) is 63.2 Å². The summed E-state index contributed by atoms with van der Waals surface area (Å²) in [6.45, 7) is 0. The summed E-state index contributed by atoms with van der Waals surface area (Å²) in [5, 5.41) is 2.77. The van der Waals surface area contributed by atoms with Crippen molar-refractivity contribution >= 4 is 38.3 Å². The molecule has 0 aliphatic carbocycles. The number of hydrogen-bond acceptors (Lipinski definition) is 3. The zero-order chi connectivity index (χ0) is 12.5. The second-order valence-corrected chi connectivity index (χ2v) is 7.44. The summed E-state index contributed by atoms with van der Waals surface area (Å²) in [4.78, 5) is 11.9. The van der Waals surface area contributed by atoms with Gasteiger partial charge < -0.3 is 5.32 Å². The summed E-state index contributed by atoms with van der Waals surface area (Å²) in [7, 11) is -2.95. The number of sulfone groups is 1. The molecule has 0 bridgehead atoms. The monoisotopic (exact) mass is 365 g/mol. The maximum atomic E-state index is 11.9. The zero-order valence-corrected chi connectivity index (χ0v) is 12.0. The molecule has 1 fully saturated rings. The minimum atomic E-state index is -2.95. The van der Waals surface area contributed by atoms with E-state index < -0.39 is 9.84 Å². The first-order valence-electron chi connectivity index (χ1n) is 5.24. The Morgan fingerprint density at radius 1 is 1.35 bits per heavy atom. The maximum absolute atomic E-state index is 11.9. The first kappa shape index (κ1) is 12.8. The fraction of sp³-hybridized carbons (Fsp3) is 0.364. The van der Waals surface area contributed by atoms with Gasteiger partial charge in [0.15, 0.2) is 9.84 Å². The van der Waals surface area contributed by atoms with Crippen molar-refractivity contribution < 1.29 is 13.2 Å². The number of carbonyl (C=O) groups is 1. The van der Waals surface area contributed by atoms with Crippen LogP contribution in [-0.2, 0) is 9.84 Å². The molecule has 1 saturated heterocycles. The van der Waals surface area contributed by atoms with Crippen molar-refractivity contribution in [3.05, 3.63) is 33.4 Å². The highest BCUT2D eigenvalue weighted by Gasteiger charge is 2.29. The fourth-order valence-corrected chi connectivity index (χ4v) is 4.12. The van der Waals surface area contributed by atoms with E-state index in [9.17, 15) is 13.2 Å². The van der Waals surface area contributed by atoms with Crippen molar-refractivity contribution in [3.8, 4) is 0 Å². The van der Waals surface area contributed by atoms with Crippen LogP contribution in [0.2, 0.25) is 0 Å². The van der Waals surface area contributed by atoms with Gasteiger partial charge in [-0.05, 0) is 41.1 Å². The van der Waals surface area contributed by atoms with Crippen LogP contribution < -0.4 is 5.32 Å². The number of benzene rings is 1. The second-order valence-electron chi connectivity index (χ2n) is 4.05. The van der Waals surface area contributed by atoms with Crippen molar-refractivity contribution in [1.29, 1.82) is 0 Å². The van der Waals surface area contributed by atoms with Gasteiger partial charge in [-0.3, -0.25) is 4.79 Å². The summed E-state index contributed by atoms with van der Waals surface area (Å²) >= 11 is 2.09. The summed E-state index contributed by atoms with van der Waals surface area (Å²) in [5.74, 6) is 0.0310. The molecule has 1 aromatic carbocycles. The smallest absolute Gasteiger partial charge is 0.252 e. The highest BCUT2D eigenvalue weighted by atomic mass is 127. The van der Waals surface area contributed by atoms with Gasteiger partial charge in [-0.2, -0.15) is 0 Å². The summed E-state index contributed by atoms with van der Waals surface area (Å²) in [6.07, 6.45) is 0.511. The van der Waals surface area contributed by atoms with E-state index in [4.69, 9.17) is 0 Å². The van der Waals surface area contributed by atoms with Gasteiger partial charge in [0.1, 0.15) is 0 Å². The molecule has 0 aromatic heterocycles. The molecule has 0 unspecified atom stereocenters. The standard InChI is InChI=1S/C11H12INO3S/c12-10-4-2-1-3-9(10)11(14)13-8-5-6-17(15,16)7-8/h1-4,8H,5-7H2,(H,13,14)/t8-/m0/s1. The lowest BCUT2D eigenvalue weighted by molar-refractivity contribution is 0.0940. The molecule has 17 heavy (non-hydrogen) atoms. The van der Waals surface area contributed by atoms with Gasteiger partial charge in [0.25, 0.3) is 5.91 Å². The van der Waals surface area contributed by atoms with Crippen LogP contribution >= 0.6 is 22.6 Å². The number of halogens is 1. The molecule has 92 valence electrons. The number of carbonyl (C=O) groups excluding carboxylic acids is 1. The van der Waals surface area contributed by atoms with E-state index in [0.29, 0.717) is 12.0 Å². The van der Waals surface area contributed by atoms with Gasteiger partial charge in [-0.25, -0.2) is 8.42 Å². The van der Waals surface area contributed by atoms with Crippen molar-refractivity contribution in [2.45, 2.75) is 12.5 Å². The first-order valence-corrected chi connectivity index (χ1v) is 8.14. The van der Waals surface area contributed by atoms with Gasteiger partial charge >= 0.3 is 0 Å². The molecule has 0 saturated carbocycles. The van der Waals surface area contributed by atoms with Crippen LogP contribution in [0.15, 0.2) is 24.3 Å². The minimum absolute atomic E-state index is 0.0577. The molecule has 1 N–H and O–H groups in total. The van der Waals surface area contributed by atoms with E-state index in [1.165, 1.54) is 0 Å². The van der Waals surface area contributed by atoms with E-state index in [0.717, 1.165) is 3.57 Å². The van der Waals surface area contributed by atoms with Gasteiger partial charge in [-0.1, -0.05) is 12.1 Å².